The Morgan fingerprint density at radius 2 is 2.09 bits per heavy atom. The van der Waals surface area contributed by atoms with Gasteiger partial charge in [-0.2, -0.15) is 0 Å². The second-order valence-electron chi connectivity index (χ2n) is 5.77. The number of nitrogens with zero attached hydrogens (tertiary/aromatic N) is 2. The van der Waals surface area contributed by atoms with Crippen molar-refractivity contribution in [1.82, 2.24) is 10.2 Å². The standard InChI is InChI=1S/C17H23N3O3/c1-2-11-19-12-9-15(10-13-19)18-17(21)8-7-14-5-3-4-6-16(14)20(22)23/h3-8,15H,2,9-13H2,1H3,(H,18,21)/b8-7+. The van der Waals surface area contributed by atoms with E-state index in [1.54, 1.807) is 18.2 Å². The normalized spacial score (nSPS) is 16.6. The van der Waals surface area contributed by atoms with Crippen molar-refractivity contribution in [2.75, 3.05) is 19.6 Å². The molecule has 0 spiro atoms. The van der Waals surface area contributed by atoms with E-state index in [9.17, 15) is 14.9 Å². The van der Waals surface area contributed by atoms with Crippen LogP contribution >= 0.6 is 0 Å². The third-order valence-corrected chi connectivity index (χ3v) is 4.02. The molecule has 0 aromatic heterocycles. The number of carbonyl (C=O) groups is 1. The first kappa shape index (κ1) is 17.1. The van der Waals surface area contributed by atoms with E-state index in [-0.39, 0.29) is 17.6 Å². The summed E-state index contributed by atoms with van der Waals surface area (Å²) in [7, 11) is 0. The zero-order chi connectivity index (χ0) is 16.7. The van der Waals surface area contributed by atoms with E-state index in [0.717, 1.165) is 38.9 Å². The molecule has 0 saturated carbocycles. The maximum atomic E-state index is 12.0. The van der Waals surface area contributed by atoms with Crippen LogP contribution in [0.25, 0.3) is 6.08 Å². The molecule has 1 aliphatic rings. The number of carbonyl (C=O) groups excluding carboxylic acids is 1. The van der Waals surface area contributed by atoms with Crippen molar-refractivity contribution in [2.45, 2.75) is 32.2 Å². The summed E-state index contributed by atoms with van der Waals surface area (Å²) in [6, 6.07) is 6.57. The van der Waals surface area contributed by atoms with Gasteiger partial charge in [-0.15, -0.1) is 0 Å². The molecule has 0 aliphatic carbocycles. The Labute approximate surface area is 136 Å². The lowest BCUT2D eigenvalue weighted by Gasteiger charge is -2.31. The van der Waals surface area contributed by atoms with Crippen LogP contribution in [0.5, 0.6) is 0 Å². The first-order valence-corrected chi connectivity index (χ1v) is 8.04. The molecule has 0 bridgehead atoms. The molecule has 1 aliphatic heterocycles. The summed E-state index contributed by atoms with van der Waals surface area (Å²) in [4.78, 5) is 24.9. The van der Waals surface area contributed by atoms with Crippen molar-refractivity contribution in [1.29, 1.82) is 0 Å². The molecule has 0 unspecified atom stereocenters. The number of rotatable bonds is 6. The number of hydrogen-bond acceptors (Lipinski definition) is 4. The topological polar surface area (TPSA) is 75.5 Å². The maximum absolute atomic E-state index is 12.0. The highest BCUT2D eigenvalue weighted by molar-refractivity contribution is 5.92. The molecular weight excluding hydrogens is 294 g/mol. The van der Waals surface area contributed by atoms with E-state index < -0.39 is 4.92 Å². The molecule has 6 nitrogen and oxygen atoms in total. The molecule has 0 atom stereocenters. The number of piperidine rings is 1. The molecule has 1 aromatic rings. The van der Waals surface area contributed by atoms with E-state index in [1.807, 2.05) is 0 Å². The lowest BCUT2D eigenvalue weighted by Crippen LogP contribution is -2.44. The van der Waals surface area contributed by atoms with E-state index in [2.05, 4.69) is 17.1 Å². The number of nitrogens with one attached hydrogen (secondary N) is 1. The number of benzene rings is 1. The van der Waals surface area contributed by atoms with Crippen molar-refractivity contribution in [3.63, 3.8) is 0 Å². The van der Waals surface area contributed by atoms with Crippen LogP contribution in [-0.4, -0.2) is 41.4 Å². The average molecular weight is 317 g/mol. The lowest BCUT2D eigenvalue weighted by atomic mass is 10.0. The summed E-state index contributed by atoms with van der Waals surface area (Å²) in [6.45, 7) is 5.29. The summed E-state index contributed by atoms with van der Waals surface area (Å²) in [6.07, 6.45) is 5.92. The van der Waals surface area contributed by atoms with Crippen LogP contribution in [0, 0.1) is 10.1 Å². The number of nitro groups is 1. The van der Waals surface area contributed by atoms with E-state index in [0.29, 0.717) is 5.56 Å². The van der Waals surface area contributed by atoms with Crippen LogP contribution < -0.4 is 5.32 Å². The van der Waals surface area contributed by atoms with Crippen molar-refractivity contribution in [3.8, 4) is 0 Å². The fourth-order valence-electron chi connectivity index (χ4n) is 2.83. The van der Waals surface area contributed by atoms with Gasteiger partial charge in [-0.1, -0.05) is 19.1 Å². The molecule has 124 valence electrons. The third kappa shape index (κ3) is 5.17. The summed E-state index contributed by atoms with van der Waals surface area (Å²) in [5, 5.41) is 13.9. The summed E-state index contributed by atoms with van der Waals surface area (Å²) >= 11 is 0. The molecular formula is C17H23N3O3. The Bertz CT molecular complexity index is 578. The second kappa shape index (κ2) is 8.43. The van der Waals surface area contributed by atoms with Gasteiger partial charge in [0.05, 0.1) is 10.5 Å². The fourth-order valence-corrected chi connectivity index (χ4v) is 2.83. The molecule has 0 radical (unpaired) electrons. The van der Waals surface area contributed by atoms with Crippen LogP contribution in [0.3, 0.4) is 0 Å². The van der Waals surface area contributed by atoms with Crippen molar-refractivity contribution in [2.24, 2.45) is 0 Å². The maximum Gasteiger partial charge on any atom is 0.276 e. The molecule has 2 rings (SSSR count). The van der Waals surface area contributed by atoms with Gasteiger partial charge in [0.25, 0.3) is 5.69 Å². The molecule has 1 aromatic carbocycles. The van der Waals surface area contributed by atoms with Crippen LogP contribution in [0.4, 0.5) is 5.69 Å². The minimum Gasteiger partial charge on any atom is -0.350 e. The molecule has 1 heterocycles. The van der Waals surface area contributed by atoms with Gasteiger partial charge < -0.3 is 10.2 Å². The van der Waals surface area contributed by atoms with Crippen molar-refractivity contribution < 1.29 is 9.72 Å². The van der Waals surface area contributed by atoms with Gasteiger partial charge in [0.1, 0.15) is 0 Å². The number of amides is 1. The number of hydrogen-bond donors (Lipinski definition) is 1. The van der Waals surface area contributed by atoms with Gasteiger partial charge in [-0.3, -0.25) is 14.9 Å². The Hall–Kier alpha value is -2.21. The van der Waals surface area contributed by atoms with Gasteiger partial charge >= 0.3 is 0 Å². The minimum atomic E-state index is -0.443. The average Bonchev–Trinajstić information content (AvgIpc) is 2.55. The van der Waals surface area contributed by atoms with E-state index in [1.165, 1.54) is 18.2 Å². The summed E-state index contributed by atoms with van der Waals surface area (Å²) in [5.41, 5.74) is 0.440. The predicted molar refractivity (Wildman–Crippen MR) is 90.0 cm³/mol. The number of nitro benzene ring substituents is 1. The third-order valence-electron chi connectivity index (χ3n) is 4.02. The largest absolute Gasteiger partial charge is 0.350 e. The van der Waals surface area contributed by atoms with E-state index >= 15 is 0 Å². The zero-order valence-corrected chi connectivity index (χ0v) is 13.4. The number of para-hydroxylation sites is 1. The zero-order valence-electron chi connectivity index (χ0n) is 13.4. The van der Waals surface area contributed by atoms with Crippen molar-refractivity contribution >= 4 is 17.7 Å². The van der Waals surface area contributed by atoms with Gasteiger partial charge in [0.2, 0.25) is 5.91 Å². The van der Waals surface area contributed by atoms with Crippen molar-refractivity contribution in [3.05, 3.63) is 46.0 Å². The van der Waals surface area contributed by atoms with Crippen LogP contribution in [0.2, 0.25) is 0 Å². The Kier molecular flexibility index (Phi) is 6.29. The Morgan fingerprint density at radius 3 is 2.74 bits per heavy atom. The molecule has 1 saturated heterocycles. The predicted octanol–water partition coefficient (Wildman–Crippen LogP) is 2.60. The monoisotopic (exact) mass is 317 g/mol. The first-order chi connectivity index (χ1) is 11.1. The highest BCUT2D eigenvalue weighted by atomic mass is 16.6. The second-order valence-corrected chi connectivity index (χ2v) is 5.77. The quantitative estimate of drug-likeness (QED) is 0.497. The smallest absolute Gasteiger partial charge is 0.276 e. The number of likely N-dealkylation sites (tertiary alicyclic amines) is 1. The SMILES string of the molecule is CCCN1CCC(NC(=O)/C=C/c2ccccc2[N+](=O)[O-])CC1. The first-order valence-electron chi connectivity index (χ1n) is 8.04. The fraction of sp³-hybridized carbons (Fsp3) is 0.471. The van der Waals surface area contributed by atoms with Crippen LogP contribution in [0.1, 0.15) is 31.7 Å². The highest BCUT2D eigenvalue weighted by Gasteiger charge is 2.19. The Balaban J connectivity index is 1.87. The molecule has 6 heteroatoms. The van der Waals surface area contributed by atoms with Gasteiger partial charge in [0.15, 0.2) is 0 Å². The molecule has 1 fully saturated rings. The van der Waals surface area contributed by atoms with E-state index in [4.69, 9.17) is 0 Å². The highest BCUT2D eigenvalue weighted by Crippen LogP contribution is 2.19. The molecule has 23 heavy (non-hydrogen) atoms. The minimum absolute atomic E-state index is 0.00410. The lowest BCUT2D eigenvalue weighted by molar-refractivity contribution is -0.385. The van der Waals surface area contributed by atoms with Crippen LogP contribution in [-0.2, 0) is 4.79 Å². The molecule has 1 N–H and O–H groups in total. The van der Waals surface area contributed by atoms with Crippen LogP contribution in [0.15, 0.2) is 30.3 Å². The summed E-state index contributed by atoms with van der Waals surface area (Å²) in [5.74, 6) is -0.197. The summed E-state index contributed by atoms with van der Waals surface area (Å²) < 4.78 is 0. The molecule has 1 amide bonds. The Morgan fingerprint density at radius 1 is 1.39 bits per heavy atom. The van der Waals surface area contributed by atoms with Gasteiger partial charge in [-0.25, -0.2) is 0 Å². The van der Waals surface area contributed by atoms with Gasteiger partial charge in [-0.05, 0) is 37.9 Å². The van der Waals surface area contributed by atoms with Gasteiger partial charge in [0, 0.05) is 31.3 Å².